The number of carboxylic acid groups (broad SMARTS) is 1. The molecule has 0 aromatic heterocycles. The summed E-state index contributed by atoms with van der Waals surface area (Å²) in [6.45, 7) is 3.10. The van der Waals surface area contributed by atoms with E-state index >= 15 is 0 Å². The summed E-state index contributed by atoms with van der Waals surface area (Å²) in [5, 5.41) is 14.4. The predicted molar refractivity (Wildman–Crippen MR) is 78.0 cm³/mol. The number of hydrogen-bond donors (Lipinski definition) is 3. The third kappa shape index (κ3) is 3.39. The van der Waals surface area contributed by atoms with Gasteiger partial charge in [0.15, 0.2) is 0 Å². The summed E-state index contributed by atoms with van der Waals surface area (Å²) in [7, 11) is 0. The van der Waals surface area contributed by atoms with Crippen molar-refractivity contribution in [1.29, 1.82) is 0 Å². The number of hydrogen-bond acceptors (Lipinski definition) is 3. The molecule has 112 valence electrons. The van der Waals surface area contributed by atoms with Crippen molar-refractivity contribution < 1.29 is 19.5 Å². The van der Waals surface area contributed by atoms with Crippen LogP contribution in [0, 0.1) is 11.8 Å². The Bertz CT molecular complexity index is 597. The summed E-state index contributed by atoms with van der Waals surface area (Å²) in [5.41, 5.74) is 2.34. The normalized spacial score (nSPS) is 16.4. The van der Waals surface area contributed by atoms with Crippen LogP contribution < -0.4 is 10.6 Å². The minimum absolute atomic E-state index is 0.0109. The predicted octanol–water partition coefficient (Wildman–Crippen LogP) is 1.87. The van der Waals surface area contributed by atoms with E-state index in [1.165, 1.54) is 6.92 Å². The van der Waals surface area contributed by atoms with Crippen LogP contribution in [0.1, 0.15) is 25.8 Å². The van der Waals surface area contributed by atoms with E-state index in [2.05, 4.69) is 10.6 Å². The molecular formula is C15H18N2O4. The maximum atomic E-state index is 12.0. The second-order valence-electron chi connectivity index (χ2n) is 5.32. The van der Waals surface area contributed by atoms with Crippen LogP contribution in [0.5, 0.6) is 0 Å². The molecule has 0 fully saturated rings. The van der Waals surface area contributed by atoms with Gasteiger partial charge in [-0.05, 0) is 30.2 Å². The van der Waals surface area contributed by atoms with Crippen molar-refractivity contribution in [1.82, 2.24) is 0 Å². The van der Waals surface area contributed by atoms with Gasteiger partial charge in [-0.15, -0.1) is 0 Å². The number of aliphatic carboxylic acids is 1. The highest BCUT2D eigenvalue weighted by Crippen LogP contribution is 2.26. The van der Waals surface area contributed by atoms with E-state index in [4.69, 9.17) is 5.11 Å². The summed E-state index contributed by atoms with van der Waals surface area (Å²) in [4.78, 5) is 34.2. The van der Waals surface area contributed by atoms with Gasteiger partial charge in [-0.1, -0.05) is 13.8 Å². The molecule has 1 aromatic rings. The fraction of sp³-hybridized carbons (Fsp3) is 0.400. The minimum Gasteiger partial charge on any atom is -0.481 e. The van der Waals surface area contributed by atoms with Crippen LogP contribution in [0.4, 0.5) is 11.4 Å². The molecule has 2 atom stereocenters. The van der Waals surface area contributed by atoms with Crippen molar-refractivity contribution in [2.24, 2.45) is 11.8 Å². The average Bonchev–Trinajstić information content (AvgIpc) is 2.45. The summed E-state index contributed by atoms with van der Waals surface area (Å²) < 4.78 is 0. The highest BCUT2D eigenvalue weighted by atomic mass is 16.4. The van der Waals surface area contributed by atoms with Crippen LogP contribution >= 0.6 is 0 Å². The number of amides is 2. The zero-order chi connectivity index (χ0) is 15.6. The zero-order valence-corrected chi connectivity index (χ0v) is 12.0. The van der Waals surface area contributed by atoms with Gasteiger partial charge in [-0.25, -0.2) is 0 Å². The molecule has 6 nitrogen and oxygen atoms in total. The molecule has 0 bridgehead atoms. The van der Waals surface area contributed by atoms with Crippen LogP contribution in [-0.4, -0.2) is 22.9 Å². The number of benzene rings is 1. The second kappa shape index (κ2) is 5.95. The summed E-state index contributed by atoms with van der Waals surface area (Å²) >= 11 is 0. The first kappa shape index (κ1) is 15.0. The number of carboxylic acids is 1. The number of carbonyl (C=O) groups is 3. The van der Waals surface area contributed by atoms with Crippen molar-refractivity contribution in [3.05, 3.63) is 23.8 Å². The molecule has 1 aliphatic heterocycles. The topological polar surface area (TPSA) is 95.5 Å². The molecule has 3 N–H and O–H groups in total. The average molecular weight is 290 g/mol. The van der Waals surface area contributed by atoms with E-state index in [0.29, 0.717) is 18.5 Å². The molecule has 0 aliphatic carbocycles. The quantitative estimate of drug-likeness (QED) is 0.788. The third-order valence-corrected chi connectivity index (χ3v) is 3.82. The Morgan fingerprint density at radius 1 is 1.24 bits per heavy atom. The Morgan fingerprint density at radius 3 is 2.62 bits per heavy atom. The van der Waals surface area contributed by atoms with E-state index in [9.17, 15) is 14.4 Å². The fourth-order valence-corrected chi connectivity index (χ4v) is 2.16. The van der Waals surface area contributed by atoms with Gasteiger partial charge in [0, 0.05) is 23.7 Å². The van der Waals surface area contributed by atoms with Gasteiger partial charge in [0.2, 0.25) is 11.8 Å². The molecule has 1 aliphatic rings. The van der Waals surface area contributed by atoms with Crippen LogP contribution in [0.3, 0.4) is 0 Å². The molecule has 0 spiro atoms. The summed E-state index contributed by atoms with van der Waals surface area (Å²) in [6.07, 6.45) is 1.06. The Hall–Kier alpha value is -2.37. The molecule has 6 heteroatoms. The number of nitrogens with one attached hydrogen (secondary N) is 2. The van der Waals surface area contributed by atoms with Crippen LogP contribution in [0.15, 0.2) is 18.2 Å². The number of fused-ring (bicyclic) bond motifs is 1. The monoisotopic (exact) mass is 290 g/mol. The summed E-state index contributed by atoms with van der Waals surface area (Å²) in [6, 6.07) is 5.25. The fourth-order valence-electron chi connectivity index (χ4n) is 2.16. The van der Waals surface area contributed by atoms with E-state index in [0.717, 1.165) is 11.3 Å². The lowest BCUT2D eigenvalue weighted by Crippen LogP contribution is -2.30. The largest absolute Gasteiger partial charge is 0.481 e. The van der Waals surface area contributed by atoms with E-state index in [-0.39, 0.29) is 11.8 Å². The third-order valence-electron chi connectivity index (χ3n) is 3.82. The Morgan fingerprint density at radius 2 is 1.95 bits per heavy atom. The van der Waals surface area contributed by atoms with Gasteiger partial charge >= 0.3 is 5.97 Å². The first-order chi connectivity index (χ1) is 9.88. The molecule has 2 rings (SSSR count). The molecule has 0 radical (unpaired) electrons. The van der Waals surface area contributed by atoms with Gasteiger partial charge in [-0.2, -0.15) is 0 Å². The number of aryl methyl sites for hydroxylation is 1. The Labute approximate surface area is 122 Å². The molecule has 1 aromatic carbocycles. The van der Waals surface area contributed by atoms with Crippen molar-refractivity contribution >= 4 is 29.2 Å². The highest BCUT2D eigenvalue weighted by Gasteiger charge is 2.26. The van der Waals surface area contributed by atoms with Crippen LogP contribution in [0.25, 0.3) is 0 Å². The molecule has 1 heterocycles. The van der Waals surface area contributed by atoms with Crippen LogP contribution in [-0.2, 0) is 20.8 Å². The van der Waals surface area contributed by atoms with Gasteiger partial charge in [-0.3, -0.25) is 14.4 Å². The van der Waals surface area contributed by atoms with E-state index in [1.807, 2.05) is 6.07 Å². The van der Waals surface area contributed by atoms with Crippen LogP contribution in [0.2, 0.25) is 0 Å². The lowest BCUT2D eigenvalue weighted by Gasteiger charge is -2.19. The molecule has 0 saturated heterocycles. The number of rotatable bonds is 4. The summed E-state index contributed by atoms with van der Waals surface area (Å²) in [5.74, 6) is -2.71. The SMILES string of the molecule is CC(C(=O)O)C(C)C(=O)Nc1ccc2c(c1)CCC(=O)N2. The molecule has 0 saturated carbocycles. The Balaban J connectivity index is 2.08. The molecule has 2 unspecified atom stereocenters. The maximum absolute atomic E-state index is 12.0. The molecular weight excluding hydrogens is 272 g/mol. The number of anilines is 2. The van der Waals surface area contributed by atoms with Gasteiger partial charge < -0.3 is 15.7 Å². The van der Waals surface area contributed by atoms with Gasteiger partial charge in [0.1, 0.15) is 0 Å². The smallest absolute Gasteiger partial charge is 0.307 e. The minimum atomic E-state index is -0.995. The molecule has 2 amide bonds. The van der Waals surface area contributed by atoms with E-state index in [1.54, 1.807) is 19.1 Å². The standard InChI is InChI=1S/C15H18N2O4/c1-8(9(2)15(20)21)14(19)16-11-4-5-12-10(7-11)3-6-13(18)17-12/h4-5,7-9H,3,6H2,1-2H3,(H,16,19)(H,17,18)(H,20,21). The van der Waals surface area contributed by atoms with Gasteiger partial charge in [0.05, 0.1) is 5.92 Å². The van der Waals surface area contributed by atoms with Crippen molar-refractivity contribution in [3.8, 4) is 0 Å². The van der Waals surface area contributed by atoms with Gasteiger partial charge in [0.25, 0.3) is 0 Å². The van der Waals surface area contributed by atoms with Crippen molar-refractivity contribution in [2.75, 3.05) is 10.6 Å². The second-order valence-corrected chi connectivity index (χ2v) is 5.32. The lowest BCUT2D eigenvalue weighted by molar-refractivity contribution is -0.145. The first-order valence-electron chi connectivity index (χ1n) is 6.85. The first-order valence-corrected chi connectivity index (χ1v) is 6.85. The van der Waals surface area contributed by atoms with E-state index < -0.39 is 17.8 Å². The number of carbonyl (C=O) groups excluding carboxylic acids is 2. The zero-order valence-electron chi connectivity index (χ0n) is 12.0. The van der Waals surface area contributed by atoms with Crippen molar-refractivity contribution in [3.63, 3.8) is 0 Å². The highest BCUT2D eigenvalue weighted by molar-refractivity contribution is 5.97. The lowest BCUT2D eigenvalue weighted by atomic mass is 9.95. The maximum Gasteiger partial charge on any atom is 0.307 e. The van der Waals surface area contributed by atoms with Crippen molar-refractivity contribution in [2.45, 2.75) is 26.7 Å². The molecule has 21 heavy (non-hydrogen) atoms. The Kier molecular flexibility index (Phi) is 4.26.